The zero-order valence-electron chi connectivity index (χ0n) is 15.1. The smallest absolute Gasteiger partial charge is 0.242 e. The Morgan fingerprint density at radius 1 is 1.35 bits per heavy atom. The number of amides is 1. The predicted octanol–water partition coefficient (Wildman–Crippen LogP) is 2.56. The van der Waals surface area contributed by atoms with E-state index >= 15 is 0 Å². The summed E-state index contributed by atoms with van der Waals surface area (Å²) >= 11 is 1.77. The number of hydrogen-bond acceptors (Lipinski definition) is 5. The maximum absolute atomic E-state index is 12.5. The largest absolute Gasteiger partial charge is 0.325 e. The molecular weight excluding hydrogens is 370 g/mol. The van der Waals surface area contributed by atoms with Crippen LogP contribution in [-0.4, -0.2) is 50.7 Å². The van der Waals surface area contributed by atoms with Gasteiger partial charge in [-0.2, -0.15) is 0 Å². The highest BCUT2D eigenvalue weighted by atomic mass is 32.2. The van der Waals surface area contributed by atoms with E-state index in [1.807, 2.05) is 0 Å². The molecule has 6 nitrogen and oxygen atoms in total. The minimum Gasteiger partial charge on any atom is -0.325 e. The number of nitrogens with zero attached hydrogens (tertiary/aromatic N) is 2. The van der Waals surface area contributed by atoms with Gasteiger partial charge in [0.2, 0.25) is 15.9 Å². The van der Waals surface area contributed by atoms with Gasteiger partial charge in [0, 0.05) is 37.2 Å². The van der Waals surface area contributed by atoms with Crippen molar-refractivity contribution >= 4 is 33.0 Å². The van der Waals surface area contributed by atoms with E-state index in [0.29, 0.717) is 5.69 Å². The Hall–Kier alpha value is -1.74. The molecule has 1 aromatic carbocycles. The van der Waals surface area contributed by atoms with Crippen molar-refractivity contribution in [3.8, 4) is 0 Å². The van der Waals surface area contributed by atoms with E-state index in [1.54, 1.807) is 23.5 Å². The van der Waals surface area contributed by atoms with Crippen LogP contribution in [-0.2, 0) is 21.2 Å². The fraction of sp³-hybridized carbons (Fsp3) is 0.389. The number of benzene rings is 1. The molecule has 1 amide bonds. The second-order valence-corrected chi connectivity index (χ2v) is 9.71. The van der Waals surface area contributed by atoms with Crippen molar-refractivity contribution in [2.24, 2.45) is 0 Å². The molecule has 0 fully saturated rings. The highest BCUT2D eigenvalue weighted by Gasteiger charge is 2.26. The standard InChI is InChI=1S/C18H23N3O3S2/c1-13-16-8-10-25-17(16)7-9-21(13)12-18(22)19-14-5-4-6-15(11-14)26(23,24)20(2)3/h4-6,8,10-11,13H,7,9,12H2,1-3H3,(H,19,22). The lowest BCUT2D eigenvalue weighted by Crippen LogP contribution is -2.39. The first-order valence-corrected chi connectivity index (χ1v) is 10.7. The molecule has 1 atom stereocenters. The molecule has 2 aromatic rings. The molecule has 0 radical (unpaired) electrons. The number of rotatable bonds is 5. The number of thiophene rings is 1. The van der Waals surface area contributed by atoms with E-state index in [-0.39, 0.29) is 23.4 Å². The number of hydrogen-bond donors (Lipinski definition) is 1. The van der Waals surface area contributed by atoms with Gasteiger partial charge in [0.1, 0.15) is 0 Å². The lowest BCUT2D eigenvalue weighted by molar-refractivity contribution is -0.117. The summed E-state index contributed by atoms with van der Waals surface area (Å²) in [5.41, 5.74) is 1.78. The minimum absolute atomic E-state index is 0.144. The molecule has 2 heterocycles. The number of carbonyl (C=O) groups excluding carboxylic acids is 1. The molecule has 0 saturated carbocycles. The molecule has 1 unspecified atom stereocenters. The Balaban J connectivity index is 1.68. The van der Waals surface area contributed by atoms with E-state index in [2.05, 4.69) is 28.6 Å². The van der Waals surface area contributed by atoms with Crippen LogP contribution >= 0.6 is 11.3 Å². The maximum Gasteiger partial charge on any atom is 0.242 e. The third-order valence-electron chi connectivity index (χ3n) is 4.65. The average molecular weight is 394 g/mol. The molecule has 140 valence electrons. The number of sulfonamides is 1. The summed E-state index contributed by atoms with van der Waals surface area (Å²) in [6, 6.07) is 8.68. The Kier molecular flexibility index (Phi) is 5.47. The molecule has 0 saturated heterocycles. The van der Waals surface area contributed by atoms with E-state index in [9.17, 15) is 13.2 Å². The van der Waals surface area contributed by atoms with Gasteiger partial charge in [-0.3, -0.25) is 9.69 Å². The lowest BCUT2D eigenvalue weighted by atomic mass is 10.0. The van der Waals surface area contributed by atoms with Crippen LogP contribution in [0.5, 0.6) is 0 Å². The normalized spacial score (nSPS) is 17.9. The van der Waals surface area contributed by atoms with Gasteiger partial charge in [-0.1, -0.05) is 6.07 Å². The van der Waals surface area contributed by atoms with Crippen molar-refractivity contribution in [2.75, 3.05) is 32.5 Å². The third-order valence-corrected chi connectivity index (χ3v) is 7.45. The van der Waals surface area contributed by atoms with Gasteiger partial charge in [0.15, 0.2) is 0 Å². The summed E-state index contributed by atoms with van der Waals surface area (Å²) in [4.78, 5) is 16.2. The first-order chi connectivity index (χ1) is 12.3. The van der Waals surface area contributed by atoms with Gasteiger partial charge < -0.3 is 5.32 Å². The van der Waals surface area contributed by atoms with E-state index in [4.69, 9.17) is 0 Å². The Labute approximate surface area is 158 Å². The van der Waals surface area contributed by atoms with Crippen molar-refractivity contribution in [1.29, 1.82) is 0 Å². The third kappa shape index (κ3) is 3.83. The quantitative estimate of drug-likeness (QED) is 0.848. The fourth-order valence-electron chi connectivity index (χ4n) is 3.11. The first-order valence-electron chi connectivity index (χ1n) is 8.42. The van der Waals surface area contributed by atoms with Gasteiger partial charge in [-0.25, -0.2) is 12.7 Å². The summed E-state index contributed by atoms with van der Waals surface area (Å²) in [6.07, 6.45) is 0.960. The Bertz CT molecular complexity index is 906. The van der Waals surface area contributed by atoms with Gasteiger partial charge in [-0.15, -0.1) is 11.3 Å². The number of carbonyl (C=O) groups is 1. The molecule has 1 aliphatic heterocycles. The zero-order valence-corrected chi connectivity index (χ0v) is 16.7. The van der Waals surface area contributed by atoms with Crippen molar-refractivity contribution < 1.29 is 13.2 Å². The average Bonchev–Trinajstić information content (AvgIpc) is 3.07. The van der Waals surface area contributed by atoms with Crippen LogP contribution in [0.25, 0.3) is 0 Å². The molecule has 3 rings (SSSR count). The SMILES string of the molecule is CC1c2ccsc2CCN1CC(=O)Nc1cccc(S(=O)(=O)N(C)C)c1. The number of nitrogens with one attached hydrogen (secondary N) is 1. The minimum atomic E-state index is -3.53. The van der Waals surface area contributed by atoms with Crippen LogP contribution < -0.4 is 5.32 Å². The number of anilines is 1. The summed E-state index contributed by atoms with van der Waals surface area (Å²) in [7, 11) is -0.559. The summed E-state index contributed by atoms with van der Waals surface area (Å²) in [6.45, 7) is 3.24. The monoisotopic (exact) mass is 393 g/mol. The Morgan fingerprint density at radius 2 is 2.12 bits per heavy atom. The molecule has 1 N–H and O–H groups in total. The first kappa shape index (κ1) is 19.0. The van der Waals surface area contributed by atoms with Crippen molar-refractivity contribution in [1.82, 2.24) is 9.21 Å². The molecule has 0 aliphatic carbocycles. The topological polar surface area (TPSA) is 69.7 Å². The zero-order chi connectivity index (χ0) is 18.9. The predicted molar refractivity (Wildman–Crippen MR) is 104 cm³/mol. The molecule has 26 heavy (non-hydrogen) atoms. The number of fused-ring (bicyclic) bond motifs is 1. The molecule has 1 aliphatic rings. The van der Waals surface area contributed by atoms with Crippen LogP contribution in [0.2, 0.25) is 0 Å². The molecule has 0 bridgehead atoms. The summed E-state index contributed by atoms with van der Waals surface area (Å²) in [5.74, 6) is -0.144. The molecule has 8 heteroatoms. The molecule has 1 aromatic heterocycles. The Morgan fingerprint density at radius 3 is 2.85 bits per heavy atom. The highest BCUT2D eigenvalue weighted by Crippen LogP contribution is 2.32. The van der Waals surface area contributed by atoms with E-state index in [0.717, 1.165) is 17.3 Å². The molecule has 0 spiro atoms. The van der Waals surface area contributed by atoms with Crippen molar-refractivity contribution in [2.45, 2.75) is 24.3 Å². The van der Waals surface area contributed by atoms with Gasteiger partial charge in [0.05, 0.1) is 11.4 Å². The summed E-state index contributed by atoms with van der Waals surface area (Å²) < 4.78 is 25.6. The van der Waals surface area contributed by atoms with Crippen molar-refractivity contribution in [3.05, 3.63) is 46.2 Å². The van der Waals surface area contributed by atoms with Gasteiger partial charge >= 0.3 is 0 Å². The van der Waals surface area contributed by atoms with Gasteiger partial charge in [-0.05, 0) is 48.6 Å². The fourth-order valence-corrected chi connectivity index (χ4v) is 5.02. The molecular formula is C18H23N3O3S2. The van der Waals surface area contributed by atoms with Crippen molar-refractivity contribution in [3.63, 3.8) is 0 Å². The van der Waals surface area contributed by atoms with E-state index in [1.165, 1.54) is 36.7 Å². The maximum atomic E-state index is 12.5. The van der Waals surface area contributed by atoms with Crippen LogP contribution in [0.15, 0.2) is 40.6 Å². The van der Waals surface area contributed by atoms with Crippen LogP contribution in [0.3, 0.4) is 0 Å². The second kappa shape index (κ2) is 7.48. The second-order valence-electron chi connectivity index (χ2n) is 6.56. The highest BCUT2D eigenvalue weighted by molar-refractivity contribution is 7.89. The van der Waals surface area contributed by atoms with Crippen LogP contribution in [0.4, 0.5) is 5.69 Å². The summed E-state index contributed by atoms with van der Waals surface area (Å²) in [5, 5.41) is 4.92. The van der Waals surface area contributed by atoms with E-state index < -0.39 is 10.0 Å². The van der Waals surface area contributed by atoms with Gasteiger partial charge in [0.25, 0.3) is 0 Å². The lowest BCUT2D eigenvalue weighted by Gasteiger charge is -2.32. The van der Waals surface area contributed by atoms with Crippen LogP contribution in [0.1, 0.15) is 23.4 Å². The van der Waals surface area contributed by atoms with Crippen LogP contribution in [0, 0.1) is 0 Å².